The van der Waals surface area contributed by atoms with E-state index < -0.39 is 0 Å². The van der Waals surface area contributed by atoms with Crippen LogP contribution < -0.4 is 20.3 Å². The minimum atomic E-state index is -0.385. The number of fused-ring (bicyclic) bond motifs is 1. The number of ether oxygens (including phenoxy) is 2. The van der Waals surface area contributed by atoms with Crippen LogP contribution in [0.4, 0.5) is 11.4 Å². The third kappa shape index (κ3) is 5.06. The number of morpholine rings is 1. The fourth-order valence-electron chi connectivity index (χ4n) is 6.06. The second kappa shape index (κ2) is 10.5. The smallest absolute Gasteiger partial charge is 0.238 e. The minimum absolute atomic E-state index is 0.0181. The van der Waals surface area contributed by atoms with E-state index in [0.717, 1.165) is 55.0 Å². The molecule has 2 aromatic carbocycles. The molecule has 3 atom stereocenters. The first-order valence-corrected chi connectivity index (χ1v) is 12.9. The number of amides is 2. The summed E-state index contributed by atoms with van der Waals surface area (Å²) in [4.78, 5) is 30.5. The summed E-state index contributed by atoms with van der Waals surface area (Å²) >= 11 is 0. The Hall–Kier alpha value is -3.10. The fraction of sp³-hybridized carbons (Fsp3) is 0.500. The van der Waals surface area contributed by atoms with E-state index in [1.165, 1.54) is 0 Å². The molecule has 2 amide bonds. The molecule has 5 rings (SSSR count). The van der Waals surface area contributed by atoms with E-state index in [4.69, 9.17) is 9.47 Å². The molecule has 3 saturated heterocycles. The predicted octanol–water partition coefficient (Wildman–Crippen LogP) is 3.34. The number of anilines is 2. The molecule has 0 spiro atoms. The molecule has 2 aromatic rings. The highest BCUT2D eigenvalue weighted by Gasteiger charge is 2.51. The van der Waals surface area contributed by atoms with Crippen LogP contribution >= 0.6 is 0 Å². The SMILES string of the molecule is COc1ccc([C@@H]2C[C@]3(C)NC(=O)CCC[C@@H]3N2CC(=O)Nc2ccccc2N2CCOCC2)cc1. The van der Waals surface area contributed by atoms with Gasteiger partial charge in [0.2, 0.25) is 11.8 Å². The number of methoxy groups -OCH3 is 1. The number of carbonyl (C=O) groups is 2. The summed E-state index contributed by atoms with van der Waals surface area (Å²) in [5.41, 5.74) is 2.58. The van der Waals surface area contributed by atoms with Crippen LogP contribution in [0.25, 0.3) is 0 Å². The van der Waals surface area contributed by atoms with Crippen LogP contribution in [0.1, 0.15) is 44.2 Å². The largest absolute Gasteiger partial charge is 0.497 e. The Balaban J connectivity index is 1.39. The maximum absolute atomic E-state index is 13.5. The molecule has 3 fully saturated rings. The zero-order valence-corrected chi connectivity index (χ0v) is 21.2. The van der Waals surface area contributed by atoms with E-state index in [0.29, 0.717) is 19.6 Å². The van der Waals surface area contributed by atoms with Gasteiger partial charge in [-0.05, 0) is 56.0 Å². The van der Waals surface area contributed by atoms with Gasteiger partial charge in [-0.25, -0.2) is 0 Å². The highest BCUT2D eigenvalue weighted by Crippen LogP contribution is 2.45. The molecule has 36 heavy (non-hydrogen) atoms. The van der Waals surface area contributed by atoms with Gasteiger partial charge in [-0.3, -0.25) is 14.5 Å². The number of nitrogens with one attached hydrogen (secondary N) is 2. The van der Waals surface area contributed by atoms with E-state index in [2.05, 4.69) is 45.6 Å². The molecule has 2 N–H and O–H groups in total. The summed E-state index contributed by atoms with van der Waals surface area (Å²) in [5, 5.41) is 6.48. The minimum Gasteiger partial charge on any atom is -0.497 e. The number of benzene rings is 2. The summed E-state index contributed by atoms with van der Waals surface area (Å²) in [6, 6.07) is 16.1. The zero-order valence-electron chi connectivity index (χ0n) is 21.2. The van der Waals surface area contributed by atoms with Crippen LogP contribution in [0, 0.1) is 0 Å². The van der Waals surface area contributed by atoms with Gasteiger partial charge in [0.15, 0.2) is 0 Å². The zero-order chi connectivity index (χ0) is 25.1. The quantitative estimate of drug-likeness (QED) is 0.644. The van der Waals surface area contributed by atoms with Crippen LogP contribution in [0.5, 0.6) is 5.75 Å². The van der Waals surface area contributed by atoms with Crippen LogP contribution in [-0.4, -0.2) is 68.3 Å². The highest BCUT2D eigenvalue weighted by atomic mass is 16.5. The summed E-state index contributed by atoms with van der Waals surface area (Å²) in [6.07, 6.45) is 2.98. The van der Waals surface area contributed by atoms with Gasteiger partial charge in [-0.1, -0.05) is 24.3 Å². The van der Waals surface area contributed by atoms with Gasteiger partial charge in [0.25, 0.3) is 0 Å². The Morgan fingerprint density at radius 3 is 2.67 bits per heavy atom. The second-order valence-electron chi connectivity index (χ2n) is 10.2. The fourth-order valence-corrected chi connectivity index (χ4v) is 6.06. The van der Waals surface area contributed by atoms with Crippen molar-refractivity contribution in [3.63, 3.8) is 0 Å². The van der Waals surface area contributed by atoms with Crippen molar-refractivity contribution in [1.29, 1.82) is 0 Å². The lowest BCUT2D eigenvalue weighted by molar-refractivity contribution is -0.122. The van der Waals surface area contributed by atoms with Crippen molar-refractivity contribution in [1.82, 2.24) is 10.2 Å². The van der Waals surface area contributed by atoms with Crippen molar-refractivity contribution in [2.24, 2.45) is 0 Å². The maximum atomic E-state index is 13.5. The Morgan fingerprint density at radius 2 is 1.92 bits per heavy atom. The van der Waals surface area contributed by atoms with Gasteiger partial charge in [0, 0.05) is 31.6 Å². The molecular weight excluding hydrogens is 456 g/mol. The molecule has 3 aliphatic rings. The molecule has 0 saturated carbocycles. The summed E-state index contributed by atoms with van der Waals surface area (Å²) < 4.78 is 10.9. The second-order valence-corrected chi connectivity index (χ2v) is 10.2. The van der Waals surface area contributed by atoms with Crippen LogP contribution in [-0.2, 0) is 14.3 Å². The first-order chi connectivity index (χ1) is 17.5. The average Bonchev–Trinajstić information content (AvgIpc) is 3.05. The molecule has 0 unspecified atom stereocenters. The molecule has 0 bridgehead atoms. The third-order valence-corrected chi connectivity index (χ3v) is 7.82. The number of rotatable bonds is 6. The van der Waals surface area contributed by atoms with Gasteiger partial charge >= 0.3 is 0 Å². The lowest BCUT2D eigenvalue weighted by Gasteiger charge is -2.35. The van der Waals surface area contributed by atoms with E-state index in [-0.39, 0.29) is 36.0 Å². The highest BCUT2D eigenvalue weighted by molar-refractivity contribution is 5.95. The number of carbonyl (C=O) groups excluding carboxylic acids is 2. The molecule has 8 heteroatoms. The monoisotopic (exact) mass is 492 g/mol. The molecule has 8 nitrogen and oxygen atoms in total. The normalized spacial score (nSPS) is 26.6. The Labute approximate surface area is 212 Å². The molecule has 0 radical (unpaired) electrons. The standard InChI is InChI=1S/C28H36N4O4/c1-28-18-24(20-10-12-21(35-2)13-11-20)32(25(28)8-5-9-26(33)30-28)19-27(34)29-22-6-3-4-7-23(22)31-14-16-36-17-15-31/h3-4,6-7,10-13,24-25H,5,8-9,14-19H2,1-2H3,(H,29,34)(H,30,33)/t24-,25-,28-/m0/s1. The van der Waals surface area contributed by atoms with Gasteiger partial charge in [0.1, 0.15) is 5.75 Å². The van der Waals surface area contributed by atoms with Crippen LogP contribution in [0.3, 0.4) is 0 Å². The molecule has 3 heterocycles. The molecule has 0 aromatic heterocycles. The summed E-state index contributed by atoms with van der Waals surface area (Å²) in [7, 11) is 1.66. The Morgan fingerprint density at radius 1 is 1.17 bits per heavy atom. The average molecular weight is 493 g/mol. The number of hydrogen-bond acceptors (Lipinski definition) is 6. The Kier molecular flexibility index (Phi) is 7.16. The number of para-hydroxylation sites is 2. The van der Waals surface area contributed by atoms with Crippen molar-refractivity contribution < 1.29 is 19.1 Å². The van der Waals surface area contributed by atoms with E-state index >= 15 is 0 Å². The van der Waals surface area contributed by atoms with Crippen LogP contribution in [0.15, 0.2) is 48.5 Å². The van der Waals surface area contributed by atoms with Crippen molar-refractivity contribution in [3.8, 4) is 5.75 Å². The summed E-state index contributed by atoms with van der Waals surface area (Å²) in [5.74, 6) is 0.850. The van der Waals surface area contributed by atoms with Crippen molar-refractivity contribution in [2.75, 3.05) is 50.2 Å². The van der Waals surface area contributed by atoms with Crippen molar-refractivity contribution >= 4 is 23.2 Å². The van der Waals surface area contributed by atoms with Gasteiger partial charge in [0.05, 0.1) is 43.8 Å². The number of hydrogen-bond donors (Lipinski definition) is 2. The molecule has 192 valence electrons. The molecule has 3 aliphatic heterocycles. The van der Waals surface area contributed by atoms with E-state index in [1.807, 2.05) is 30.3 Å². The molecule has 0 aliphatic carbocycles. The Bertz CT molecular complexity index is 1090. The van der Waals surface area contributed by atoms with E-state index in [9.17, 15) is 9.59 Å². The first kappa shape index (κ1) is 24.6. The van der Waals surface area contributed by atoms with Gasteiger partial charge < -0.3 is 25.0 Å². The number of likely N-dealkylation sites (tertiary alicyclic amines) is 1. The predicted molar refractivity (Wildman–Crippen MR) is 139 cm³/mol. The van der Waals surface area contributed by atoms with Gasteiger partial charge in [-0.2, -0.15) is 0 Å². The lowest BCUT2D eigenvalue weighted by atomic mass is 9.88. The van der Waals surface area contributed by atoms with E-state index in [1.54, 1.807) is 7.11 Å². The lowest BCUT2D eigenvalue weighted by Crippen LogP contribution is -2.53. The topological polar surface area (TPSA) is 83.1 Å². The van der Waals surface area contributed by atoms with Gasteiger partial charge in [-0.15, -0.1) is 0 Å². The van der Waals surface area contributed by atoms with Crippen molar-refractivity contribution in [3.05, 3.63) is 54.1 Å². The third-order valence-electron chi connectivity index (χ3n) is 7.82. The van der Waals surface area contributed by atoms with Crippen molar-refractivity contribution in [2.45, 2.75) is 50.2 Å². The molecular formula is C28H36N4O4. The summed E-state index contributed by atoms with van der Waals surface area (Å²) in [6.45, 7) is 5.36. The first-order valence-electron chi connectivity index (χ1n) is 12.9. The number of nitrogens with zero attached hydrogens (tertiary/aromatic N) is 2. The van der Waals surface area contributed by atoms with Crippen LogP contribution in [0.2, 0.25) is 0 Å². The maximum Gasteiger partial charge on any atom is 0.238 e.